The fourth-order valence-electron chi connectivity index (χ4n) is 21.5. The van der Waals surface area contributed by atoms with E-state index in [1.165, 1.54) is 53.9 Å². The number of nitrogens with zero attached hydrogens (tertiary/aromatic N) is 12. The number of carboxylic acids is 1. The topological polar surface area (TPSA) is 552 Å². The minimum absolute atomic E-state index is 0.123. The van der Waals surface area contributed by atoms with Crippen LogP contribution in [0.2, 0.25) is 0 Å². The molecule has 708 valence electrons. The Kier molecular flexibility index (Phi) is 32.5. The molecule has 129 heavy (non-hydrogen) atoms. The summed E-state index contributed by atoms with van der Waals surface area (Å²) in [4.78, 5) is 306. The predicted molar refractivity (Wildman–Crippen MR) is 451 cm³/mol. The molecular weight excluding hydrogens is 1680 g/mol. The Morgan fingerprint density at radius 1 is 0.271 bits per heavy atom. The van der Waals surface area contributed by atoms with Crippen LogP contribution in [0.3, 0.4) is 0 Å². The largest absolute Gasteiger partial charge is 0.480 e. The van der Waals surface area contributed by atoms with E-state index in [0.29, 0.717) is 142 Å². The fourth-order valence-corrected chi connectivity index (χ4v) is 21.5. The molecule has 0 spiro atoms. The van der Waals surface area contributed by atoms with Gasteiger partial charge in [-0.3, -0.25) is 101 Å². The van der Waals surface area contributed by atoms with Gasteiger partial charge in [0.25, 0.3) is 0 Å². The minimum atomic E-state index is -1.25. The number of unbranched alkanes of at least 4 members (excludes halogenated alkanes) is 1. The number of carbonyl (C=O) groups excluding carboxylic acids is 20. The highest BCUT2D eigenvalue weighted by atomic mass is 16.4. The highest BCUT2D eigenvalue weighted by molar-refractivity contribution is 6.02. The summed E-state index contributed by atoms with van der Waals surface area (Å²) in [6.45, 7) is 0.151. The van der Waals surface area contributed by atoms with Crippen molar-refractivity contribution in [2.24, 2.45) is 5.73 Å². The lowest BCUT2D eigenvalue weighted by atomic mass is 10.1. The molecule has 13 aliphatic heterocycles. The molecule has 0 unspecified atom stereocenters. The molecule has 0 saturated carbocycles. The normalized spacial score (nSPS) is 26.9. The number of hydrogen-bond acceptors (Lipinski definition) is 23. The fraction of sp³-hybridized carbons (Fsp3) is 0.753. The van der Waals surface area contributed by atoms with Gasteiger partial charge in [0.15, 0.2) is 0 Å². The SMILES string of the molecule is NCCCC[C@H](NC(=O)CNC(=O)[C@@H]1CCCN1C(=O)[C@@H]1CCCN1C(=O)CNC(=O)[C@@H]1CCCN1C(=O)[C@@H]1CCCN1C(=O)CNC(=O)[C@@H]1CCCN1C(=O)[C@@H]1CCCN1C(=O)CNC(=O)[C@@H]1CCCN1C(=O)[C@@H]1CCCN1C(=O)CNC(=O)[C@@H]1CCCN1C(=O)[C@@H]1CCCN1C(=O)CNC(=O)[C@@H]1CCCN1C(=O)[C@@H]1CCCN1)C(=O)N1CCC[C@H]1C(=O)NCC(=O)O. The first-order chi connectivity index (χ1) is 62.1. The summed E-state index contributed by atoms with van der Waals surface area (Å²) in [5, 5.41) is 33.2. The van der Waals surface area contributed by atoms with E-state index >= 15 is 0 Å². The molecule has 13 fully saturated rings. The van der Waals surface area contributed by atoms with E-state index in [4.69, 9.17) is 10.8 Å². The quantitative estimate of drug-likeness (QED) is 0.0272. The van der Waals surface area contributed by atoms with Crippen molar-refractivity contribution in [1.82, 2.24) is 107 Å². The molecule has 13 aliphatic rings. The maximum Gasteiger partial charge on any atom is 0.322 e. The molecule has 13 rings (SSSR count). The maximum atomic E-state index is 14.5. The lowest BCUT2D eigenvalue weighted by Crippen LogP contribution is -2.57. The number of carboxylic acid groups (broad SMARTS) is 1. The first kappa shape index (κ1) is 95.4. The molecule has 44 heteroatoms. The van der Waals surface area contributed by atoms with Crippen molar-refractivity contribution in [3.63, 3.8) is 0 Å². The van der Waals surface area contributed by atoms with Gasteiger partial charge >= 0.3 is 5.97 Å². The first-order valence-corrected chi connectivity index (χ1v) is 46.6. The summed E-state index contributed by atoms with van der Waals surface area (Å²) in [6.07, 6.45) is 12.0. The van der Waals surface area contributed by atoms with Crippen LogP contribution in [-0.2, 0) is 101 Å². The monoisotopic (exact) mass is 1810 g/mol. The van der Waals surface area contributed by atoms with Crippen molar-refractivity contribution in [2.75, 3.05) is 137 Å². The number of amides is 20. The molecule has 44 nitrogen and oxygen atoms in total. The molecular formula is C85H126N22O22. The van der Waals surface area contributed by atoms with Gasteiger partial charge in [-0.2, -0.15) is 0 Å². The second kappa shape index (κ2) is 43.9. The molecule has 0 aromatic carbocycles. The Hall–Kier alpha value is -11.2. The lowest BCUT2D eigenvalue weighted by Gasteiger charge is -2.32. The van der Waals surface area contributed by atoms with E-state index in [9.17, 15) is 101 Å². The summed E-state index contributed by atoms with van der Waals surface area (Å²) >= 11 is 0. The third-order valence-electron chi connectivity index (χ3n) is 28.0. The Balaban J connectivity index is 0.518. The van der Waals surface area contributed by atoms with E-state index in [1.54, 1.807) is 4.90 Å². The Morgan fingerprint density at radius 2 is 0.504 bits per heavy atom. The number of aliphatic carboxylic acids is 1. The second-order valence-electron chi connectivity index (χ2n) is 36.0. The van der Waals surface area contributed by atoms with Crippen LogP contribution in [0.25, 0.3) is 0 Å². The van der Waals surface area contributed by atoms with Crippen molar-refractivity contribution < 1.29 is 106 Å². The van der Waals surface area contributed by atoms with E-state index in [2.05, 4.69) is 47.9 Å². The van der Waals surface area contributed by atoms with Crippen LogP contribution >= 0.6 is 0 Å². The molecule has 0 bridgehead atoms. The Morgan fingerprint density at radius 3 is 0.760 bits per heavy atom. The summed E-state index contributed by atoms with van der Waals surface area (Å²) in [5.41, 5.74) is 5.70. The third kappa shape index (κ3) is 22.1. The van der Waals surface area contributed by atoms with Crippen molar-refractivity contribution in [1.29, 1.82) is 0 Å². The standard InChI is InChI=1S/C85H126N22O22/c86-30-2-1-16-52(80(124)102-38-5-19-54(102)78(122)94-50-71(114)115)95-65(108)44-88-72(116)55-20-6-39-103(55)81(125)60-25-11-32-96(60)67(110)46-90-74(118)57-22-8-41-105(57)83(127)62-27-13-34-98(62)69(112)48-92-76(120)59-24-10-43-107(59)85(129)64-29-15-36-100(64)70(113)49-93-77(121)58-23-9-42-106(58)84(128)63-28-14-35-99(63)68(111)47-91-75(119)56-21-7-40-104(56)82(126)61-26-12-33-97(61)66(109)45-89-73(117)53-18-4-37-101(53)79(123)51-17-3-31-87-51/h51-64,87H,1-50,86H2,(H,88,116)(H,89,117)(H,90,118)(H,91,119)(H,92,120)(H,93,121)(H,94,122)(H,95,108)(H,114,115)/t51-,52-,53-,54-,55-,56-,57-,58-,59-,60-,61-,62-,63-,64-/m0/s1. The summed E-state index contributed by atoms with van der Waals surface area (Å²) < 4.78 is 0. The van der Waals surface area contributed by atoms with Crippen LogP contribution in [0, 0.1) is 0 Å². The summed E-state index contributed by atoms with van der Waals surface area (Å²) in [7, 11) is 0. The molecule has 0 aromatic heterocycles. The van der Waals surface area contributed by atoms with Gasteiger partial charge < -0.3 is 117 Å². The zero-order valence-electron chi connectivity index (χ0n) is 73.4. The molecule has 0 radical (unpaired) electrons. The van der Waals surface area contributed by atoms with Crippen LogP contribution in [0.4, 0.5) is 0 Å². The van der Waals surface area contributed by atoms with Gasteiger partial charge in [-0.1, -0.05) is 0 Å². The highest BCUT2D eigenvalue weighted by Crippen LogP contribution is 2.33. The van der Waals surface area contributed by atoms with Crippen LogP contribution < -0.4 is 53.6 Å². The van der Waals surface area contributed by atoms with Gasteiger partial charge in [-0.25, -0.2) is 0 Å². The zero-order valence-corrected chi connectivity index (χ0v) is 73.4. The van der Waals surface area contributed by atoms with Gasteiger partial charge in [-0.15, -0.1) is 0 Å². The van der Waals surface area contributed by atoms with E-state index in [1.807, 2.05) is 0 Å². The van der Waals surface area contributed by atoms with Crippen LogP contribution in [0.1, 0.15) is 186 Å². The first-order valence-electron chi connectivity index (χ1n) is 46.6. The molecule has 14 atom stereocenters. The smallest absolute Gasteiger partial charge is 0.322 e. The van der Waals surface area contributed by atoms with Gasteiger partial charge in [0.1, 0.15) is 85.1 Å². The molecule has 20 amide bonds. The van der Waals surface area contributed by atoms with Gasteiger partial charge in [-0.05, 0) is 199 Å². The van der Waals surface area contributed by atoms with Crippen molar-refractivity contribution >= 4 is 124 Å². The highest BCUT2D eigenvalue weighted by Gasteiger charge is 2.51. The second-order valence-corrected chi connectivity index (χ2v) is 36.0. The van der Waals surface area contributed by atoms with Gasteiger partial charge in [0.05, 0.1) is 45.3 Å². The average molecular weight is 1810 g/mol. The third-order valence-corrected chi connectivity index (χ3v) is 28.0. The molecule has 0 aliphatic carbocycles. The zero-order chi connectivity index (χ0) is 91.9. The number of hydrogen-bond donors (Lipinski definition) is 11. The Bertz CT molecular complexity index is 4300. The summed E-state index contributed by atoms with van der Waals surface area (Å²) in [6, 6.07) is -12.7. The van der Waals surface area contributed by atoms with Crippen LogP contribution in [-0.4, -0.2) is 410 Å². The van der Waals surface area contributed by atoms with Crippen molar-refractivity contribution in [3.05, 3.63) is 0 Å². The molecule has 0 aromatic rings. The molecule has 13 saturated heterocycles. The summed E-state index contributed by atoms with van der Waals surface area (Å²) in [5.74, 6) is -11.8. The number of nitrogens with one attached hydrogen (secondary N) is 9. The molecule has 12 N–H and O–H groups in total. The van der Waals surface area contributed by atoms with Crippen LogP contribution in [0.15, 0.2) is 0 Å². The number of likely N-dealkylation sites (tertiary alicyclic amines) is 12. The minimum Gasteiger partial charge on any atom is -0.480 e. The van der Waals surface area contributed by atoms with Crippen LogP contribution in [0.5, 0.6) is 0 Å². The Labute approximate surface area is 747 Å². The van der Waals surface area contributed by atoms with Gasteiger partial charge in [0.2, 0.25) is 118 Å². The maximum absolute atomic E-state index is 14.5. The van der Waals surface area contributed by atoms with E-state index in [0.717, 1.165) is 13.0 Å². The van der Waals surface area contributed by atoms with E-state index < -0.39 is 236 Å². The number of carbonyl (C=O) groups is 21. The predicted octanol–water partition coefficient (Wildman–Crippen LogP) is -6.86. The number of nitrogens with two attached hydrogens (primary N) is 1. The van der Waals surface area contributed by atoms with Gasteiger partial charge in [0, 0.05) is 78.5 Å². The number of rotatable bonds is 33. The molecule has 13 heterocycles. The van der Waals surface area contributed by atoms with Crippen molar-refractivity contribution in [3.8, 4) is 0 Å². The lowest BCUT2D eigenvalue weighted by molar-refractivity contribution is -0.148. The average Bonchev–Trinajstić information content (AvgIpc) is 1.67. The van der Waals surface area contributed by atoms with E-state index in [-0.39, 0.29) is 142 Å². The van der Waals surface area contributed by atoms with Crippen molar-refractivity contribution in [2.45, 2.75) is 271 Å².